The lowest BCUT2D eigenvalue weighted by Crippen LogP contribution is -2.11. The Morgan fingerprint density at radius 3 is 2.62 bits per heavy atom. The second-order valence-corrected chi connectivity index (χ2v) is 5.56. The SMILES string of the molecule is NS(=O)(=O)c1occc1-c1ccc(C=O)s1. The van der Waals surface area contributed by atoms with Crippen molar-refractivity contribution in [2.24, 2.45) is 5.14 Å². The third-order valence-corrected chi connectivity index (χ3v) is 3.77. The molecule has 84 valence electrons. The first-order valence-electron chi connectivity index (χ1n) is 4.18. The summed E-state index contributed by atoms with van der Waals surface area (Å²) in [5, 5.41) is 4.71. The maximum Gasteiger partial charge on any atom is 0.272 e. The van der Waals surface area contributed by atoms with E-state index in [0.29, 0.717) is 21.6 Å². The molecule has 0 saturated carbocycles. The second kappa shape index (κ2) is 3.85. The molecule has 2 rings (SSSR count). The van der Waals surface area contributed by atoms with Crippen molar-refractivity contribution >= 4 is 27.6 Å². The van der Waals surface area contributed by atoms with Crippen LogP contribution >= 0.6 is 11.3 Å². The Morgan fingerprint density at radius 2 is 2.06 bits per heavy atom. The topological polar surface area (TPSA) is 90.4 Å². The summed E-state index contributed by atoms with van der Waals surface area (Å²) >= 11 is 1.17. The van der Waals surface area contributed by atoms with Crippen LogP contribution in [0.4, 0.5) is 0 Å². The number of thiophene rings is 1. The number of carbonyl (C=O) groups is 1. The molecular weight excluding hydrogens is 250 g/mol. The van der Waals surface area contributed by atoms with Crippen LogP contribution in [0.5, 0.6) is 0 Å². The highest BCUT2D eigenvalue weighted by atomic mass is 32.2. The Kier molecular flexibility index (Phi) is 2.66. The first-order valence-corrected chi connectivity index (χ1v) is 6.54. The van der Waals surface area contributed by atoms with Crippen LogP contribution in [0.1, 0.15) is 9.67 Å². The lowest BCUT2D eigenvalue weighted by Gasteiger charge is -1.96. The van der Waals surface area contributed by atoms with E-state index >= 15 is 0 Å². The molecule has 0 spiro atoms. The molecule has 0 atom stereocenters. The first kappa shape index (κ1) is 11.1. The number of rotatable bonds is 3. The van der Waals surface area contributed by atoms with Crippen molar-refractivity contribution in [1.82, 2.24) is 0 Å². The Balaban J connectivity index is 2.57. The molecule has 0 radical (unpaired) electrons. The summed E-state index contributed by atoms with van der Waals surface area (Å²) in [6.45, 7) is 0. The molecule has 0 aromatic carbocycles. The highest BCUT2D eigenvalue weighted by Crippen LogP contribution is 2.32. The molecule has 0 aliphatic rings. The van der Waals surface area contributed by atoms with Gasteiger partial charge >= 0.3 is 0 Å². The van der Waals surface area contributed by atoms with Gasteiger partial charge in [0.1, 0.15) is 0 Å². The first-order chi connectivity index (χ1) is 7.52. The van der Waals surface area contributed by atoms with E-state index in [-0.39, 0.29) is 5.09 Å². The van der Waals surface area contributed by atoms with Crippen molar-refractivity contribution in [3.8, 4) is 10.4 Å². The molecule has 0 aliphatic carbocycles. The van der Waals surface area contributed by atoms with Gasteiger partial charge in [0, 0.05) is 4.88 Å². The van der Waals surface area contributed by atoms with Crippen molar-refractivity contribution in [2.75, 3.05) is 0 Å². The summed E-state index contributed by atoms with van der Waals surface area (Å²) < 4.78 is 27.2. The second-order valence-electron chi connectivity index (χ2n) is 2.99. The average molecular weight is 257 g/mol. The van der Waals surface area contributed by atoms with Gasteiger partial charge < -0.3 is 4.42 Å². The fourth-order valence-corrected chi connectivity index (χ4v) is 2.84. The minimum absolute atomic E-state index is 0.285. The summed E-state index contributed by atoms with van der Waals surface area (Å²) in [6, 6.07) is 4.75. The lowest BCUT2D eigenvalue weighted by atomic mass is 10.3. The minimum Gasteiger partial charge on any atom is -0.451 e. The smallest absolute Gasteiger partial charge is 0.272 e. The van der Waals surface area contributed by atoms with Crippen molar-refractivity contribution in [3.05, 3.63) is 29.3 Å². The number of aldehydes is 1. The van der Waals surface area contributed by atoms with Crippen LogP contribution in [0.25, 0.3) is 10.4 Å². The predicted molar refractivity (Wildman–Crippen MR) is 58.8 cm³/mol. The molecule has 0 aliphatic heterocycles. The molecule has 2 heterocycles. The molecule has 0 unspecified atom stereocenters. The largest absolute Gasteiger partial charge is 0.451 e. The molecular formula is C9H7NO4S2. The molecule has 2 aromatic heterocycles. The van der Waals surface area contributed by atoms with E-state index in [1.807, 2.05) is 0 Å². The van der Waals surface area contributed by atoms with E-state index in [1.54, 1.807) is 12.1 Å². The number of sulfonamides is 1. The molecule has 5 nitrogen and oxygen atoms in total. The Labute approximate surface area is 95.6 Å². The molecule has 0 saturated heterocycles. The van der Waals surface area contributed by atoms with Crippen LogP contribution in [0.15, 0.2) is 34.0 Å². The van der Waals surface area contributed by atoms with Crippen molar-refractivity contribution in [3.63, 3.8) is 0 Å². The lowest BCUT2D eigenvalue weighted by molar-refractivity contribution is 0.112. The van der Waals surface area contributed by atoms with Crippen LogP contribution in [0.3, 0.4) is 0 Å². The summed E-state index contributed by atoms with van der Waals surface area (Å²) in [5.41, 5.74) is 0.376. The van der Waals surface area contributed by atoms with Gasteiger partial charge in [0.2, 0.25) is 5.09 Å². The van der Waals surface area contributed by atoms with Gasteiger partial charge in [0.25, 0.3) is 10.0 Å². The van der Waals surface area contributed by atoms with Gasteiger partial charge in [-0.2, -0.15) is 0 Å². The van der Waals surface area contributed by atoms with Gasteiger partial charge in [-0.25, -0.2) is 13.6 Å². The number of hydrogen-bond acceptors (Lipinski definition) is 5. The Hall–Kier alpha value is -1.44. The monoisotopic (exact) mass is 257 g/mol. The zero-order valence-corrected chi connectivity index (χ0v) is 9.55. The van der Waals surface area contributed by atoms with Gasteiger partial charge in [-0.1, -0.05) is 0 Å². The normalized spacial score (nSPS) is 11.6. The third-order valence-electron chi connectivity index (χ3n) is 1.90. The standard InChI is InChI=1S/C9H7NO4S2/c10-16(12,13)9-7(3-4-14-9)8-2-1-6(5-11)15-8/h1-5H,(H2,10,12,13). The number of primary sulfonamides is 1. The molecule has 7 heteroatoms. The van der Waals surface area contributed by atoms with Crippen LogP contribution in [0.2, 0.25) is 0 Å². The van der Waals surface area contributed by atoms with Gasteiger partial charge in [-0.15, -0.1) is 11.3 Å². The molecule has 0 bridgehead atoms. The summed E-state index contributed by atoms with van der Waals surface area (Å²) in [4.78, 5) is 11.7. The Bertz CT molecular complexity index is 623. The van der Waals surface area contributed by atoms with E-state index in [0.717, 1.165) is 0 Å². The number of carbonyl (C=O) groups excluding carboxylic acids is 1. The van der Waals surface area contributed by atoms with Gasteiger partial charge in [-0.3, -0.25) is 4.79 Å². The van der Waals surface area contributed by atoms with Gasteiger partial charge in [-0.05, 0) is 18.2 Å². The minimum atomic E-state index is -3.88. The van der Waals surface area contributed by atoms with Crippen molar-refractivity contribution in [1.29, 1.82) is 0 Å². The number of hydrogen-bond donors (Lipinski definition) is 1. The number of furan rings is 1. The van der Waals surface area contributed by atoms with Gasteiger partial charge in [0.15, 0.2) is 6.29 Å². The predicted octanol–water partition coefficient (Wildman–Crippen LogP) is 1.47. The highest BCUT2D eigenvalue weighted by molar-refractivity contribution is 7.89. The summed E-state index contributed by atoms with van der Waals surface area (Å²) in [5.74, 6) is 0. The zero-order valence-electron chi connectivity index (χ0n) is 7.91. The van der Waals surface area contributed by atoms with Crippen molar-refractivity contribution in [2.45, 2.75) is 5.09 Å². The van der Waals surface area contributed by atoms with Crippen molar-refractivity contribution < 1.29 is 17.6 Å². The van der Waals surface area contributed by atoms with E-state index in [9.17, 15) is 13.2 Å². The average Bonchev–Trinajstić information content (AvgIpc) is 2.84. The van der Waals surface area contributed by atoms with E-state index in [1.165, 1.54) is 23.7 Å². The van der Waals surface area contributed by atoms with Crippen LogP contribution in [-0.2, 0) is 10.0 Å². The quantitative estimate of drug-likeness (QED) is 0.843. The van der Waals surface area contributed by atoms with Gasteiger partial charge in [0.05, 0.1) is 16.7 Å². The fraction of sp³-hybridized carbons (Fsp3) is 0. The Morgan fingerprint density at radius 1 is 1.31 bits per heavy atom. The van der Waals surface area contributed by atoms with Crippen LogP contribution < -0.4 is 5.14 Å². The third kappa shape index (κ3) is 1.92. The van der Waals surface area contributed by atoms with E-state index < -0.39 is 10.0 Å². The molecule has 2 N–H and O–H groups in total. The molecule has 0 amide bonds. The van der Waals surface area contributed by atoms with E-state index in [2.05, 4.69) is 0 Å². The van der Waals surface area contributed by atoms with E-state index in [4.69, 9.17) is 9.56 Å². The summed E-state index contributed by atoms with van der Waals surface area (Å²) in [7, 11) is -3.88. The molecule has 0 fully saturated rings. The van der Waals surface area contributed by atoms with Crippen LogP contribution in [-0.4, -0.2) is 14.7 Å². The maximum absolute atomic E-state index is 11.2. The summed E-state index contributed by atoms with van der Waals surface area (Å²) in [6.07, 6.45) is 1.94. The maximum atomic E-state index is 11.2. The van der Waals surface area contributed by atoms with Crippen LogP contribution in [0, 0.1) is 0 Å². The number of nitrogens with two attached hydrogens (primary N) is 1. The zero-order chi connectivity index (χ0) is 11.8. The fourth-order valence-electron chi connectivity index (χ4n) is 1.26. The molecule has 16 heavy (non-hydrogen) atoms. The molecule has 2 aromatic rings. The highest BCUT2D eigenvalue weighted by Gasteiger charge is 2.20.